The predicted molar refractivity (Wildman–Crippen MR) is 140 cm³/mol. The molecule has 0 aliphatic carbocycles. The minimum absolute atomic E-state index is 0. The molecule has 8 heteroatoms. The summed E-state index contributed by atoms with van der Waals surface area (Å²) in [5.41, 5.74) is 1.32. The van der Waals surface area contributed by atoms with Crippen LogP contribution in [0.1, 0.15) is 29.8 Å². The number of halogens is 1. The molecule has 0 bridgehead atoms. The van der Waals surface area contributed by atoms with Crippen molar-refractivity contribution in [1.82, 2.24) is 15.5 Å². The summed E-state index contributed by atoms with van der Waals surface area (Å²) in [6.45, 7) is 8.12. The molecule has 0 saturated carbocycles. The summed E-state index contributed by atoms with van der Waals surface area (Å²) in [5.74, 6) is 1.79. The van der Waals surface area contributed by atoms with Crippen molar-refractivity contribution in [3.05, 3.63) is 52.2 Å². The van der Waals surface area contributed by atoms with Gasteiger partial charge >= 0.3 is 0 Å². The van der Waals surface area contributed by atoms with E-state index < -0.39 is 0 Å². The van der Waals surface area contributed by atoms with Gasteiger partial charge in [-0.05, 0) is 48.9 Å². The first-order valence-corrected chi connectivity index (χ1v) is 11.7. The highest BCUT2D eigenvalue weighted by Crippen LogP contribution is 2.26. The van der Waals surface area contributed by atoms with Crippen LogP contribution in [0.3, 0.4) is 0 Å². The molecule has 2 heterocycles. The van der Waals surface area contributed by atoms with Crippen LogP contribution in [-0.2, 0) is 11.2 Å². The van der Waals surface area contributed by atoms with Gasteiger partial charge in [-0.25, -0.2) is 0 Å². The van der Waals surface area contributed by atoms with Crippen LogP contribution >= 0.6 is 35.3 Å². The third-order valence-electron chi connectivity index (χ3n) is 5.22. The number of methoxy groups -OCH3 is 1. The maximum Gasteiger partial charge on any atom is 0.191 e. The Kier molecular flexibility index (Phi) is 12.2. The predicted octanol–water partition coefficient (Wildman–Crippen LogP) is 3.94. The number of rotatable bonds is 10. The third kappa shape index (κ3) is 8.59. The fourth-order valence-corrected chi connectivity index (χ4v) is 4.42. The first kappa shape index (κ1) is 25.9. The van der Waals surface area contributed by atoms with E-state index in [0.717, 1.165) is 70.5 Å². The Morgan fingerprint density at radius 1 is 1.19 bits per heavy atom. The molecule has 3 rings (SSSR count). The number of benzene rings is 1. The lowest BCUT2D eigenvalue weighted by atomic mass is 10.1. The molecule has 2 aromatic rings. The Hall–Kier alpha value is -1.36. The van der Waals surface area contributed by atoms with Crippen LogP contribution in [0, 0.1) is 0 Å². The topological polar surface area (TPSA) is 58.1 Å². The minimum atomic E-state index is 0. The Labute approximate surface area is 207 Å². The van der Waals surface area contributed by atoms with E-state index in [2.05, 4.69) is 52.1 Å². The lowest BCUT2D eigenvalue weighted by molar-refractivity contribution is 0.0186. The quantitative estimate of drug-likeness (QED) is 0.200. The normalized spacial score (nSPS) is 15.7. The van der Waals surface area contributed by atoms with Crippen LogP contribution in [0.15, 0.2) is 46.8 Å². The summed E-state index contributed by atoms with van der Waals surface area (Å²) in [4.78, 5) is 8.78. The van der Waals surface area contributed by atoms with E-state index in [9.17, 15) is 0 Å². The molecular weight excluding hydrogens is 523 g/mol. The van der Waals surface area contributed by atoms with Crippen molar-refractivity contribution in [3.8, 4) is 5.75 Å². The molecule has 0 spiro atoms. The first-order chi connectivity index (χ1) is 14.8. The van der Waals surface area contributed by atoms with Gasteiger partial charge in [0.15, 0.2) is 5.96 Å². The second-order valence-corrected chi connectivity index (χ2v) is 8.26. The van der Waals surface area contributed by atoms with E-state index in [0.29, 0.717) is 6.04 Å². The number of nitrogens with zero attached hydrogens (tertiary/aromatic N) is 2. The second kappa shape index (κ2) is 14.7. The van der Waals surface area contributed by atoms with Crippen LogP contribution in [0.4, 0.5) is 0 Å². The zero-order valence-electron chi connectivity index (χ0n) is 18.5. The number of nitrogens with one attached hydrogen (secondary N) is 2. The highest BCUT2D eigenvalue weighted by atomic mass is 127. The molecule has 1 aromatic carbocycles. The molecule has 1 saturated heterocycles. The van der Waals surface area contributed by atoms with E-state index in [1.165, 1.54) is 10.4 Å². The number of hydrogen-bond donors (Lipinski definition) is 2. The standard InChI is InChI=1S/C23H34N4O2S.HI/c1-3-24-23(25-12-4-6-19-8-10-20(28-2)11-9-19)26-18-21(22-7-5-17-30-22)27-13-15-29-16-14-27;/h5,7-11,17,21H,3-4,6,12-16,18H2,1-2H3,(H2,24,25,26);1H. The van der Waals surface area contributed by atoms with Crippen molar-refractivity contribution < 1.29 is 9.47 Å². The summed E-state index contributed by atoms with van der Waals surface area (Å²) < 4.78 is 10.8. The van der Waals surface area contributed by atoms with Gasteiger partial charge in [0.05, 0.1) is 32.9 Å². The van der Waals surface area contributed by atoms with Crippen LogP contribution in [-0.4, -0.2) is 63.9 Å². The van der Waals surface area contributed by atoms with Gasteiger partial charge in [0.1, 0.15) is 5.75 Å². The lowest BCUT2D eigenvalue weighted by Crippen LogP contribution is -2.41. The Balaban J connectivity index is 0.00000341. The number of guanidine groups is 1. The highest BCUT2D eigenvalue weighted by molar-refractivity contribution is 14.0. The van der Waals surface area contributed by atoms with Crippen molar-refractivity contribution in [2.75, 3.05) is 53.0 Å². The molecule has 0 amide bonds. The van der Waals surface area contributed by atoms with Gasteiger partial charge in [0, 0.05) is 31.1 Å². The molecule has 1 aliphatic heterocycles. The van der Waals surface area contributed by atoms with Crippen molar-refractivity contribution in [2.45, 2.75) is 25.8 Å². The molecular formula is C23H35IN4O2S. The SMILES string of the molecule is CCNC(=NCC(c1cccs1)N1CCOCC1)NCCCc1ccc(OC)cc1.I. The van der Waals surface area contributed by atoms with E-state index in [4.69, 9.17) is 14.5 Å². The monoisotopic (exact) mass is 558 g/mol. The van der Waals surface area contributed by atoms with Crippen LogP contribution in [0.25, 0.3) is 0 Å². The molecule has 1 unspecified atom stereocenters. The second-order valence-electron chi connectivity index (χ2n) is 7.28. The average Bonchev–Trinajstić information content (AvgIpc) is 3.32. The van der Waals surface area contributed by atoms with Gasteiger partial charge < -0.3 is 20.1 Å². The molecule has 1 aliphatic rings. The van der Waals surface area contributed by atoms with E-state index in [1.54, 1.807) is 7.11 Å². The van der Waals surface area contributed by atoms with Crippen molar-refractivity contribution in [3.63, 3.8) is 0 Å². The fourth-order valence-electron chi connectivity index (χ4n) is 3.57. The summed E-state index contributed by atoms with van der Waals surface area (Å²) >= 11 is 1.81. The summed E-state index contributed by atoms with van der Waals surface area (Å²) in [7, 11) is 1.70. The van der Waals surface area contributed by atoms with E-state index >= 15 is 0 Å². The summed E-state index contributed by atoms with van der Waals surface area (Å²) in [6.07, 6.45) is 2.08. The summed E-state index contributed by atoms with van der Waals surface area (Å²) in [5, 5.41) is 9.02. The molecule has 1 atom stereocenters. The Morgan fingerprint density at radius 2 is 1.97 bits per heavy atom. The van der Waals surface area contributed by atoms with Crippen molar-refractivity contribution >= 4 is 41.3 Å². The highest BCUT2D eigenvalue weighted by Gasteiger charge is 2.23. The zero-order chi connectivity index (χ0) is 21.0. The largest absolute Gasteiger partial charge is 0.497 e. The maximum absolute atomic E-state index is 5.54. The van der Waals surface area contributed by atoms with Crippen LogP contribution in [0.2, 0.25) is 0 Å². The van der Waals surface area contributed by atoms with E-state index in [-0.39, 0.29) is 24.0 Å². The molecule has 172 valence electrons. The third-order valence-corrected chi connectivity index (χ3v) is 6.19. The van der Waals surface area contributed by atoms with Gasteiger partial charge in [-0.2, -0.15) is 0 Å². The minimum Gasteiger partial charge on any atom is -0.497 e. The number of thiophene rings is 1. The van der Waals surface area contributed by atoms with Gasteiger partial charge in [-0.15, -0.1) is 35.3 Å². The molecule has 2 N–H and O–H groups in total. The van der Waals surface area contributed by atoms with Gasteiger partial charge in [-0.3, -0.25) is 9.89 Å². The number of aliphatic imine (C=N–C) groups is 1. The molecule has 0 radical (unpaired) electrons. The molecule has 1 fully saturated rings. The number of hydrogen-bond acceptors (Lipinski definition) is 5. The zero-order valence-corrected chi connectivity index (χ0v) is 21.7. The van der Waals surface area contributed by atoms with Crippen molar-refractivity contribution in [1.29, 1.82) is 0 Å². The summed E-state index contributed by atoms with van der Waals surface area (Å²) in [6, 6.07) is 13.0. The average molecular weight is 559 g/mol. The molecule has 6 nitrogen and oxygen atoms in total. The van der Waals surface area contributed by atoms with E-state index in [1.807, 2.05) is 23.5 Å². The maximum atomic E-state index is 5.54. The first-order valence-electron chi connectivity index (χ1n) is 10.8. The number of ether oxygens (including phenoxy) is 2. The Morgan fingerprint density at radius 3 is 2.61 bits per heavy atom. The van der Waals surface area contributed by atoms with Gasteiger partial charge in [0.25, 0.3) is 0 Å². The van der Waals surface area contributed by atoms with Crippen molar-refractivity contribution in [2.24, 2.45) is 4.99 Å². The van der Waals surface area contributed by atoms with Gasteiger partial charge in [0.2, 0.25) is 0 Å². The van der Waals surface area contributed by atoms with Gasteiger partial charge in [-0.1, -0.05) is 18.2 Å². The number of aryl methyl sites for hydroxylation is 1. The molecule has 31 heavy (non-hydrogen) atoms. The van der Waals surface area contributed by atoms with Crippen LogP contribution < -0.4 is 15.4 Å². The molecule has 1 aromatic heterocycles. The van der Waals surface area contributed by atoms with Crippen LogP contribution in [0.5, 0.6) is 5.75 Å². The number of morpholine rings is 1. The smallest absolute Gasteiger partial charge is 0.191 e. The fraction of sp³-hybridized carbons (Fsp3) is 0.522. The Bertz CT molecular complexity index is 749. The lowest BCUT2D eigenvalue weighted by Gasteiger charge is -2.33.